The molecule has 1 aromatic rings. The van der Waals surface area contributed by atoms with Crippen molar-refractivity contribution in [3.05, 3.63) is 29.8 Å². The van der Waals surface area contributed by atoms with Gasteiger partial charge in [0.2, 0.25) is 5.91 Å². The monoisotopic (exact) mass is 251 g/mol. The summed E-state index contributed by atoms with van der Waals surface area (Å²) in [7, 11) is 1.61. The predicted octanol–water partition coefficient (Wildman–Crippen LogP) is 1.78. The van der Waals surface area contributed by atoms with Gasteiger partial charge in [0.15, 0.2) is 0 Å². The quantitative estimate of drug-likeness (QED) is 0.751. The Morgan fingerprint density at radius 1 is 1.28 bits per heavy atom. The van der Waals surface area contributed by atoms with E-state index in [1.807, 2.05) is 38.1 Å². The number of carbonyl (C=O) groups is 1. The van der Waals surface area contributed by atoms with Crippen LogP contribution in [0.2, 0.25) is 0 Å². The molecule has 0 saturated heterocycles. The van der Waals surface area contributed by atoms with Crippen molar-refractivity contribution in [3.63, 3.8) is 0 Å². The lowest BCUT2D eigenvalue weighted by Gasteiger charge is -2.10. The predicted molar refractivity (Wildman–Crippen MR) is 70.8 cm³/mol. The minimum absolute atomic E-state index is 0.00424. The molecule has 0 aromatic heterocycles. The zero-order valence-electron chi connectivity index (χ0n) is 11.2. The second-order valence-corrected chi connectivity index (χ2v) is 4.33. The molecule has 0 bridgehead atoms. The van der Waals surface area contributed by atoms with Crippen LogP contribution < -0.4 is 10.1 Å². The number of benzene rings is 1. The normalized spacial score (nSPS) is 10.4. The molecule has 4 heteroatoms. The zero-order chi connectivity index (χ0) is 13.4. The van der Waals surface area contributed by atoms with Gasteiger partial charge < -0.3 is 14.8 Å². The van der Waals surface area contributed by atoms with Gasteiger partial charge in [-0.3, -0.25) is 4.79 Å². The minimum Gasteiger partial charge on any atom is -0.491 e. The van der Waals surface area contributed by atoms with Crippen molar-refractivity contribution in [2.75, 3.05) is 20.3 Å². The molecule has 0 aliphatic heterocycles. The molecular weight excluding hydrogens is 230 g/mol. The van der Waals surface area contributed by atoms with Crippen LogP contribution in [0.25, 0.3) is 0 Å². The van der Waals surface area contributed by atoms with Crippen LogP contribution in [0.4, 0.5) is 0 Å². The number of hydrogen-bond donors (Lipinski definition) is 1. The molecule has 1 amide bonds. The summed E-state index contributed by atoms with van der Waals surface area (Å²) in [5.74, 6) is 0.832. The first-order chi connectivity index (χ1) is 8.61. The molecule has 0 spiro atoms. The van der Waals surface area contributed by atoms with Crippen LogP contribution in [0.15, 0.2) is 24.3 Å². The Labute approximate surface area is 108 Å². The first-order valence-corrected chi connectivity index (χ1v) is 6.13. The fraction of sp³-hybridized carbons (Fsp3) is 0.500. The maximum Gasteiger partial charge on any atom is 0.224 e. The molecule has 0 atom stereocenters. The molecule has 100 valence electrons. The molecule has 4 nitrogen and oxygen atoms in total. The molecule has 1 rings (SSSR count). The molecule has 0 heterocycles. The van der Waals surface area contributed by atoms with Crippen LogP contribution in [0, 0.1) is 0 Å². The number of hydrogen-bond acceptors (Lipinski definition) is 3. The topological polar surface area (TPSA) is 47.6 Å². The number of carbonyl (C=O) groups excluding carboxylic acids is 1. The van der Waals surface area contributed by atoms with Gasteiger partial charge in [-0.15, -0.1) is 0 Å². The number of ether oxygens (including phenoxy) is 2. The first-order valence-electron chi connectivity index (χ1n) is 6.13. The van der Waals surface area contributed by atoms with E-state index >= 15 is 0 Å². The highest BCUT2D eigenvalue weighted by Gasteiger charge is 2.03. The first kappa shape index (κ1) is 14.5. The van der Waals surface area contributed by atoms with E-state index in [9.17, 15) is 4.79 Å². The van der Waals surface area contributed by atoms with E-state index in [0.29, 0.717) is 19.6 Å². The fourth-order valence-corrected chi connectivity index (χ4v) is 1.50. The van der Waals surface area contributed by atoms with Crippen LogP contribution in [-0.4, -0.2) is 32.3 Å². The maximum absolute atomic E-state index is 11.6. The van der Waals surface area contributed by atoms with Crippen LogP contribution in [0.5, 0.6) is 5.75 Å². The highest BCUT2D eigenvalue weighted by atomic mass is 16.5. The Morgan fingerprint density at radius 2 is 1.94 bits per heavy atom. The van der Waals surface area contributed by atoms with Crippen molar-refractivity contribution in [1.29, 1.82) is 0 Å². The standard InChI is InChI=1S/C14H21NO3/c1-11(2)18-13-6-4-12(5-7-13)10-14(16)15-8-9-17-3/h4-7,11H,8-10H2,1-3H3,(H,15,16). The summed E-state index contributed by atoms with van der Waals surface area (Å²) < 4.78 is 10.4. The largest absolute Gasteiger partial charge is 0.491 e. The van der Waals surface area contributed by atoms with Gasteiger partial charge in [-0.1, -0.05) is 12.1 Å². The van der Waals surface area contributed by atoms with Crippen molar-refractivity contribution in [1.82, 2.24) is 5.32 Å². The number of amides is 1. The second-order valence-electron chi connectivity index (χ2n) is 4.33. The van der Waals surface area contributed by atoms with E-state index in [-0.39, 0.29) is 12.0 Å². The number of methoxy groups -OCH3 is 1. The Kier molecular flexibility index (Phi) is 6.22. The summed E-state index contributed by atoms with van der Waals surface area (Å²) in [6, 6.07) is 7.59. The summed E-state index contributed by atoms with van der Waals surface area (Å²) in [5.41, 5.74) is 0.973. The number of rotatable bonds is 7. The highest BCUT2D eigenvalue weighted by molar-refractivity contribution is 5.78. The molecule has 0 aliphatic rings. The maximum atomic E-state index is 11.6. The summed E-state index contributed by atoms with van der Waals surface area (Å²) >= 11 is 0. The zero-order valence-corrected chi connectivity index (χ0v) is 11.2. The van der Waals surface area contributed by atoms with E-state index in [1.165, 1.54) is 0 Å². The average Bonchev–Trinajstić information content (AvgIpc) is 2.31. The summed E-state index contributed by atoms with van der Waals surface area (Å²) in [6.45, 7) is 5.05. The Bertz CT molecular complexity index is 360. The third kappa shape index (κ3) is 5.68. The van der Waals surface area contributed by atoms with Crippen molar-refractivity contribution >= 4 is 5.91 Å². The third-order valence-corrected chi connectivity index (χ3v) is 2.29. The Hall–Kier alpha value is -1.55. The van der Waals surface area contributed by atoms with Crippen LogP contribution >= 0.6 is 0 Å². The Balaban J connectivity index is 2.40. The molecule has 0 unspecified atom stereocenters. The molecule has 0 fully saturated rings. The van der Waals surface area contributed by atoms with E-state index < -0.39 is 0 Å². The molecule has 0 saturated carbocycles. The summed E-state index contributed by atoms with van der Waals surface area (Å²) in [5, 5.41) is 2.78. The van der Waals surface area contributed by atoms with E-state index in [0.717, 1.165) is 11.3 Å². The van der Waals surface area contributed by atoms with Crippen LogP contribution in [0.1, 0.15) is 19.4 Å². The van der Waals surface area contributed by atoms with Crippen molar-refractivity contribution in [2.24, 2.45) is 0 Å². The highest BCUT2D eigenvalue weighted by Crippen LogP contribution is 2.14. The summed E-state index contributed by atoms with van der Waals surface area (Å²) in [6.07, 6.45) is 0.541. The lowest BCUT2D eigenvalue weighted by Crippen LogP contribution is -2.28. The van der Waals surface area contributed by atoms with Gasteiger partial charge in [0.1, 0.15) is 5.75 Å². The smallest absolute Gasteiger partial charge is 0.224 e. The lowest BCUT2D eigenvalue weighted by molar-refractivity contribution is -0.120. The van der Waals surface area contributed by atoms with Gasteiger partial charge in [0.05, 0.1) is 19.1 Å². The third-order valence-electron chi connectivity index (χ3n) is 2.29. The van der Waals surface area contributed by atoms with Gasteiger partial charge >= 0.3 is 0 Å². The van der Waals surface area contributed by atoms with Crippen LogP contribution in [0.3, 0.4) is 0 Å². The molecule has 1 aromatic carbocycles. The van der Waals surface area contributed by atoms with Crippen molar-refractivity contribution in [3.8, 4) is 5.75 Å². The number of nitrogens with one attached hydrogen (secondary N) is 1. The summed E-state index contributed by atoms with van der Waals surface area (Å²) in [4.78, 5) is 11.6. The van der Waals surface area contributed by atoms with E-state index in [4.69, 9.17) is 9.47 Å². The average molecular weight is 251 g/mol. The van der Waals surface area contributed by atoms with Gasteiger partial charge in [-0.25, -0.2) is 0 Å². The van der Waals surface area contributed by atoms with Gasteiger partial charge in [0, 0.05) is 13.7 Å². The molecular formula is C14H21NO3. The van der Waals surface area contributed by atoms with Crippen molar-refractivity contribution < 1.29 is 14.3 Å². The van der Waals surface area contributed by atoms with E-state index in [2.05, 4.69) is 5.32 Å². The van der Waals surface area contributed by atoms with E-state index in [1.54, 1.807) is 7.11 Å². The Morgan fingerprint density at radius 3 is 2.50 bits per heavy atom. The minimum atomic E-state index is 0.00424. The SMILES string of the molecule is COCCNC(=O)Cc1ccc(OC(C)C)cc1. The molecule has 1 N–H and O–H groups in total. The molecule has 0 aliphatic carbocycles. The fourth-order valence-electron chi connectivity index (χ4n) is 1.50. The second kappa shape index (κ2) is 7.71. The van der Waals surface area contributed by atoms with Gasteiger partial charge in [0.25, 0.3) is 0 Å². The molecule has 0 radical (unpaired) electrons. The van der Waals surface area contributed by atoms with Crippen LogP contribution in [-0.2, 0) is 16.0 Å². The molecule has 18 heavy (non-hydrogen) atoms. The van der Waals surface area contributed by atoms with Crippen molar-refractivity contribution in [2.45, 2.75) is 26.4 Å². The van der Waals surface area contributed by atoms with Gasteiger partial charge in [-0.2, -0.15) is 0 Å². The van der Waals surface area contributed by atoms with Gasteiger partial charge in [-0.05, 0) is 31.5 Å². The lowest BCUT2D eigenvalue weighted by atomic mass is 10.1.